The fraction of sp³-hybridized carbons (Fsp3) is 0.0800. The summed E-state index contributed by atoms with van der Waals surface area (Å²) in [4.78, 5) is 24.7. The fourth-order valence-corrected chi connectivity index (χ4v) is 4.18. The second kappa shape index (κ2) is 10.2. The van der Waals surface area contributed by atoms with Crippen molar-refractivity contribution in [3.05, 3.63) is 96.1 Å². The fourth-order valence-electron chi connectivity index (χ4n) is 3.11. The Bertz CT molecular complexity index is 1450. The lowest BCUT2D eigenvalue weighted by molar-refractivity contribution is -0.119. The normalized spacial score (nSPS) is 11.0. The first kappa shape index (κ1) is 23.7. The molecule has 178 valence electrons. The molecule has 3 aromatic carbocycles. The van der Waals surface area contributed by atoms with Gasteiger partial charge in [-0.05, 0) is 37.3 Å². The maximum absolute atomic E-state index is 12.5. The summed E-state index contributed by atoms with van der Waals surface area (Å²) in [6.45, 7) is 1.40. The average molecular weight is 492 g/mol. The molecule has 4 rings (SSSR count). The number of anilines is 2. The number of sulfonamides is 1. The van der Waals surface area contributed by atoms with Gasteiger partial charge in [0.25, 0.3) is 15.9 Å². The molecule has 0 bridgehead atoms. The van der Waals surface area contributed by atoms with Gasteiger partial charge in [-0.2, -0.15) is 0 Å². The third-order valence-corrected chi connectivity index (χ3v) is 6.26. The van der Waals surface area contributed by atoms with Gasteiger partial charge in [-0.15, -0.1) is 0 Å². The number of nitrogens with one attached hydrogen (secondary N) is 2. The van der Waals surface area contributed by atoms with Crippen molar-refractivity contribution in [1.29, 1.82) is 0 Å². The van der Waals surface area contributed by atoms with Crippen LogP contribution in [0.25, 0.3) is 11.3 Å². The minimum absolute atomic E-state index is 0.0763. The Labute approximate surface area is 201 Å². The van der Waals surface area contributed by atoms with E-state index in [4.69, 9.17) is 9.26 Å². The molecule has 0 aliphatic carbocycles. The van der Waals surface area contributed by atoms with Crippen LogP contribution in [0.2, 0.25) is 0 Å². The number of aryl methyl sites for hydroxylation is 1. The van der Waals surface area contributed by atoms with Gasteiger partial charge < -0.3 is 9.26 Å². The number of rotatable bonds is 8. The molecule has 0 unspecified atom stereocenters. The van der Waals surface area contributed by atoms with E-state index in [1.807, 2.05) is 31.2 Å². The highest BCUT2D eigenvalue weighted by atomic mass is 32.2. The van der Waals surface area contributed by atoms with Gasteiger partial charge in [0.05, 0.1) is 10.5 Å². The van der Waals surface area contributed by atoms with E-state index in [-0.39, 0.29) is 22.0 Å². The number of carbonyl (C=O) groups excluding carboxylic acids is 2. The van der Waals surface area contributed by atoms with Gasteiger partial charge in [0.15, 0.2) is 6.61 Å². The smallest absolute Gasteiger partial charge is 0.338 e. The third kappa shape index (κ3) is 6.12. The minimum Gasteiger partial charge on any atom is -0.452 e. The molecule has 35 heavy (non-hydrogen) atoms. The molecular formula is C25H21N3O6S. The van der Waals surface area contributed by atoms with Crippen LogP contribution in [0.15, 0.2) is 94.3 Å². The van der Waals surface area contributed by atoms with E-state index in [0.717, 1.165) is 11.1 Å². The first-order chi connectivity index (χ1) is 16.8. The second-order valence-corrected chi connectivity index (χ2v) is 9.25. The number of ether oxygens (including phenoxy) is 1. The van der Waals surface area contributed by atoms with Crippen LogP contribution in [0.3, 0.4) is 0 Å². The summed E-state index contributed by atoms with van der Waals surface area (Å²) in [5.74, 6) is -1.30. The summed E-state index contributed by atoms with van der Waals surface area (Å²) in [5.41, 5.74) is 2.73. The Morgan fingerprint density at radius 3 is 2.43 bits per heavy atom. The number of carbonyl (C=O) groups is 2. The molecule has 0 radical (unpaired) electrons. The minimum atomic E-state index is -3.82. The van der Waals surface area contributed by atoms with Gasteiger partial charge in [0, 0.05) is 17.3 Å². The molecule has 0 aliphatic heterocycles. The van der Waals surface area contributed by atoms with Crippen molar-refractivity contribution >= 4 is 33.5 Å². The molecule has 0 aliphatic rings. The Kier molecular flexibility index (Phi) is 6.93. The number of aromatic nitrogens is 1. The zero-order valence-corrected chi connectivity index (χ0v) is 19.4. The summed E-state index contributed by atoms with van der Waals surface area (Å²) >= 11 is 0. The molecule has 10 heteroatoms. The van der Waals surface area contributed by atoms with Crippen molar-refractivity contribution in [3.63, 3.8) is 0 Å². The van der Waals surface area contributed by atoms with Crippen molar-refractivity contribution in [3.8, 4) is 11.3 Å². The van der Waals surface area contributed by atoms with Crippen LogP contribution in [-0.2, 0) is 19.6 Å². The van der Waals surface area contributed by atoms with Gasteiger partial charge in [0.2, 0.25) is 5.88 Å². The van der Waals surface area contributed by atoms with Crippen LogP contribution < -0.4 is 10.0 Å². The molecule has 2 N–H and O–H groups in total. The molecule has 1 heterocycles. The quantitative estimate of drug-likeness (QED) is 0.353. The van der Waals surface area contributed by atoms with Crippen molar-refractivity contribution < 1.29 is 27.3 Å². The predicted octanol–water partition coefficient (Wildman–Crippen LogP) is 4.25. The highest BCUT2D eigenvalue weighted by molar-refractivity contribution is 7.92. The third-order valence-electron chi connectivity index (χ3n) is 4.86. The highest BCUT2D eigenvalue weighted by Gasteiger charge is 2.16. The largest absolute Gasteiger partial charge is 0.452 e. The number of benzene rings is 3. The number of nitrogens with zero attached hydrogens (tertiary/aromatic N) is 1. The molecule has 1 amide bonds. The lowest BCUT2D eigenvalue weighted by Crippen LogP contribution is -2.20. The lowest BCUT2D eigenvalue weighted by atomic mass is 10.1. The zero-order chi connectivity index (χ0) is 24.8. The molecule has 1 aromatic heterocycles. The SMILES string of the molecule is Cc1ccc(-c2cc(NC(=O)COC(=O)c3cccc(NS(=O)(=O)c4ccccc4)c3)on2)cc1. The monoisotopic (exact) mass is 491 g/mol. The summed E-state index contributed by atoms with van der Waals surface area (Å²) in [5, 5.41) is 6.39. The van der Waals surface area contributed by atoms with Gasteiger partial charge >= 0.3 is 5.97 Å². The molecule has 9 nitrogen and oxygen atoms in total. The summed E-state index contributed by atoms with van der Waals surface area (Å²) in [7, 11) is -3.82. The van der Waals surface area contributed by atoms with Crippen molar-refractivity contribution in [2.24, 2.45) is 0 Å². The van der Waals surface area contributed by atoms with Crippen LogP contribution in [0.1, 0.15) is 15.9 Å². The predicted molar refractivity (Wildman–Crippen MR) is 129 cm³/mol. The number of amides is 1. The van der Waals surface area contributed by atoms with Crippen LogP contribution >= 0.6 is 0 Å². The van der Waals surface area contributed by atoms with E-state index in [1.54, 1.807) is 24.3 Å². The number of esters is 1. The Morgan fingerprint density at radius 1 is 0.943 bits per heavy atom. The summed E-state index contributed by atoms with van der Waals surface area (Å²) < 4.78 is 37.5. The van der Waals surface area contributed by atoms with E-state index in [9.17, 15) is 18.0 Å². The van der Waals surface area contributed by atoms with E-state index >= 15 is 0 Å². The maximum Gasteiger partial charge on any atom is 0.338 e. The molecule has 0 fully saturated rings. The molecule has 0 saturated carbocycles. The second-order valence-electron chi connectivity index (χ2n) is 7.57. The number of hydrogen-bond donors (Lipinski definition) is 2. The molecular weight excluding hydrogens is 470 g/mol. The maximum atomic E-state index is 12.5. The summed E-state index contributed by atoms with van der Waals surface area (Å²) in [6, 6.07) is 22.8. The van der Waals surface area contributed by atoms with E-state index in [2.05, 4.69) is 15.2 Å². The van der Waals surface area contributed by atoms with Crippen LogP contribution in [0, 0.1) is 6.92 Å². The average Bonchev–Trinajstić information content (AvgIpc) is 3.32. The van der Waals surface area contributed by atoms with Crippen LogP contribution in [-0.4, -0.2) is 32.1 Å². The highest BCUT2D eigenvalue weighted by Crippen LogP contribution is 2.22. The summed E-state index contributed by atoms with van der Waals surface area (Å²) in [6.07, 6.45) is 0. The Balaban J connectivity index is 1.33. The number of hydrogen-bond acceptors (Lipinski definition) is 7. The van der Waals surface area contributed by atoms with Gasteiger partial charge in [-0.3, -0.25) is 14.8 Å². The van der Waals surface area contributed by atoms with Crippen LogP contribution in [0.5, 0.6) is 0 Å². The first-order valence-corrected chi connectivity index (χ1v) is 12.0. The van der Waals surface area contributed by atoms with Crippen molar-refractivity contribution in [1.82, 2.24) is 5.16 Å². The molecule has 4 aromatic rings. The topological polar surface area (TPSA) is 128 Å². The van der Waals surface area contributed by atoms with E-state index in [0.29, 0.717) is 5.69 Å². The standard InChI is InChI=1S/C25H21N3O6S/c1-17-10-12-18(13-11-17)22-15-24(34-27-22)26-23(29)16-33-25(30)19-6-5-7-20(14-19)28-35(31,32)21-8-3-2-4-9-21/h2-15,28H,16H2,1H3,(H,26,29). The first-order valence-electron chi connectivity index (χ1n) is 10.5. The zero-order valence-electron chi connectivity index (χ0n) is 18.6. The van der Waals surface area contributed by atoms with Crippen LogP contribution in [0.4, 0.5) is 11.6 Å². The van der Waals surface area contributed by atoms with Crippen molar-refractivity contribution in [2.45, 2.75) is 11.8 Å². The molecule has 0 atom stereocenters. The Hall–Kier alpha value is -4.44. The molecule has 0 spiro atoms. The van der Waals surface area contributed by atoms with E-state index < -0.39 is 28.5 Å². The van der Waals surface area contributed by atoms with E-state index in [1.165, 1.54) is 36.4 Å². The van der Waals surface area contributed by atoms with Gasteiger partial charge in [0.1, 0.15) is 5.69 Å². The van der Waals surface area contributed by atoms with Gasteiger partial charge in [-0.1, -0.05) is 59.3 Å². The van der Waals surface area contributed by atoms with Crippen molar-refractivity contribution in [2.75, 3.05) is 16.6 Å². The van der Waals surface area contributed by atoms with Gasteiger partial charge in [-0.25, -0.2) is 13.2 Å². The Morgan fingerprint density at radius 2 is 1.69 bits per heavy atom. The lowest BCUT2D eigenvalue weighted by Gasteiger charge is -2.09. The molecule has 0 saturated heterocycles.